The van der Waals surface area contributed by atoms with Crippen molar-refractivity contribution in [2.24, 2.45) is 0 Å². The van der Waals surface area contributed by atoms with Crippen molar-refractivity contribution in [2.75, 3.05) is 4.90 Å². The zero-order chi connectivity index (χ0) is 38.1. The molecule has 57 heavy (non-hydrogen) atoms. The maximum Gasteiger partial charge on any atom is 0.143 e. The molecule has 0 bridgehead atoms. The minimum atomic E-state index is -0.140. The first kappa shape index (κ1) is 33.2. The topological polar surface area (TPSA) is 16.4 Å². The fraction of sp³-hybridized carbons (Fsp3) is 0.0545. The lowest BCUT2D eigenvalue weighted by Crippen LogP contribution is -2.16. The van der Waals surface area contributed by atoms with Crippen LogP contribution in [0.25, 0.3) is 77.2 Å². The molecule has 2 nitrogen and oxygen atoms in total. The Morgan fingerprint density at radius 2 is 0.947 bits per heavy atom. The molecule has 0 saturated heterocycles. The number of benzene rings is 9. The van der Waals surface area contributed by atoms with Gasteiger partial charge < -0.3 is 9.32 Å². The Labute approximate surface area is 332 Å². The predicted octanol–water partition coefficient (Wildman–Crippen LogP) is 15.5. The van der Waals surface area contributed by atoms with E-state index < -0.39 is 0 Å². The van der Waals surface area contributed by atoms with Crippen molar-refractivity contribution < 1.29 is 4.42 Å². The number of furan rings is 1. The number of rotatable bonds is 6. The normalized spacial score (nSPS) is 12.9. The van der Waals surface area contributed by atoms with Gasteiger partial charge in [-0.3, -0.25) is 0 Å². The van der Waals surface area contributed by atoms with Gasteiger partial charge in [-0.2, -0.15) is 0 Å². The number of anilines is 3. The van der Waals surface area contributed by atoms with E-state index in [0.717, 1.165) is 72.0 Å². The molecule has 0 atom stereocenters. The molecule has 270 valence electrons. The first-order valence-corrected chi connectivity index (χ1v) is 19.8. The summed E-state index contributed by atoms with van der Waals surface area (Å²) in [4.78, 5) is 2.45. The van der Waals surface area contributed by atoms with Crippen LogP contribution in [0.3, 0.4) is 0 Å². The van der Waals surface area contributed by atoms with E-state index in [2.05, 4.69) is 219 Å². The molecule has 1 aliphatic rings. The highest BCUT2D eigenvalue weighted by atomic mass is 16.3. The van der Waals surface area contributed by atoms with Crippen LogP contribution in [0.4, 0.5) is 17.1 Å². The molecule has 0 N–H and O–H groups in total. The van der Waals surface area contributed by atoms with Gasteiger partial charge in [0.2, 0.25) is 0 Å². The van der Waals surface area contributed by atoms with E-state index in [-0.39, 0.29) is 5.41 Å². The van der Waals surface area contributed by atoms with Crippen LogP contribution in [-0.2, 0) is 5.41 Å². The monoisotopic (exact) mass is 729 g/mol. The Hall–Kier alpha value is -7.16. The fourth-order valence-electron chi connectivity index (χ4n) is 9.23. The van der Waals surface area contributed by atoms with E-state index in [1.807, 2.05) is 0 Å². The number of hydrogen-bond acceptors (Lipinski definition) is 2. The second kappa shape index (κ2) is 13.0. The first-order valence-electron chi connectivity index (χ1n) is 19.8. The second-order valence-electron chi connectivity index (χ2n) is 15.7. The summed E-state index contributed by atoms with van der Waals surface area (Å²) in [6, 6.07) is 72.5. The van der Waals surface area contributed by atoms with Crippen LogP contribution >= 0.6 is 0 Å². The van der Waals surface area contributed by atoms with E-state index in [4.69, 9.17) is 4.42 Å². The zero-order valence-corrected chi connectivity index (χ0v) is 31.9. The highest BCUT2D eigenvalue weighted by molar-refractivity contribution is 6.23. The van der Waals surface area contributed by atoms with Crippen molar-refractivity contribution >= 4 is 49.8 Å². The van der Waals surface area contributed by atoms with Crippen LogP contribution in [0.2, 0.25) is 0 Å². The van der Waals surface area contributed by atoms with Crippen molar-refractivity contribution in [3.8, 4) is 44.5 Å². The molecule has 0 unspecified atom stereocenters. The molecule has 2 heteroatoms. The molecule has 0 fully saturated rings. The van der Waals surface area contributed by atoms with Crippen LogP contribution < -0.4 is 4.90 Å². The summed E-state index contributed by atoms with van der Waals surface area (Å²) in [6.45, 7) is 4.71. The third-order valence-electron chi connectivity index (χ3n) is 12.0. The molecule has 10 aromatic rings. The summed E-state index contributed by atoms with van der Waals surface area (Å²) < 4.78 is 7.01. The van der Waals surface area contributed by atoms with Gasteiger partial charge in [0.25, 0.3) is 0 Å². The zero-order valence-electron chi connectivity index (χ0n) is 31.9. The Kier molecular flexibility index (Phi) is 7.55. The lowest BCUT2D eigenvalue weighted by molar-refractivity contribution is 0.660. The van der Waals surface area contributed by atoms with E-state index >= 15 is 0 Å². The molecule has 1 aliphatic carbocycles. The van der Waals surface area contributed by atoms with Gasteiger partial charge in [0.15, 0.2) is 0 Å². The van der Waals surface area contributed by atoms with Gasteiger partial charge in [-0.05, 0) is 98.1 Å². The summed E-state index contributed by atoms with van der Waals surface area (Å²) in [5, 5.41) is 4.43. The van der Waals surface area contributed by atoms with Crippen molar-refractivity contribution in [3.05, 3.63) is 211 Å². The minimum absolute atomic E-state index is 0.140. The molecule has 1 aromatic heterocycles. The quantitative estimate of drug-likeness (QED) is 0.169. The van der Waals surface area contributed by atoms with E-state index in [9.17, 15) is 0 Å². The van der Waals surface area contributed by atoms with Gasteiger partial charge in [-0.1, -0.05) is 172 Å². The molecule has 0 spiro atoms. The molecule has 0 radical (unpaired) electrons. The fourth-order valence-corrected chi connectivity index (χ4v) is 9.23. The molecule has 0 amide bonds. The molecule has 1 heterocycles. The van der Waals surface area contributed by atoms with Crippen LogP contribution in [0.15, 0.2) is 205 Å². The van der Waals surface area contributed by atoms with Crippen LogP contribution in [-0.4, -0.2) is 0 Å². The van der Waals surface area contributed by atoms with Gasteiger partial charge in [0, 0.05) is 38.3 Å². The van der Waals surface area contributed by atoms with Gasteiger partial charge in [-0.25, -0.2) is 0 Å². The lowest BCUT2D eigenvalue weighted by Gasteiger charge is -2.29. The summed E-state index contributed by atoms with van der Waals surface area (Å²) in [7, 11) is 0. The summed E-state index contributed by atoms with van der Waals surface area (Å²) in [5.74, 6) is 0. The van der Waals surface area contributed by atoms with Gasteiger partial charge in [-0.15, -0.1) is 0 Å². The SMILES string of the molecule is CC1(C)c2ccccc2-c2ccc(N(c3ccc(-c4ccccc4)cc3)c3cc4c(oc5cc(-c6ccccc6)cc(-c6ccccc6)c54)c4ccccc34)cc21. The average molecular weight is 730 g/mol. The van der Waals surface area contributed by atoms with E-state index in [1.54, 1.807) is 0 Å². The Morgan fingerprint density at radius 1 is 0.386 bits per heavy atom. The van der Waals surface area contributed by atoms with Crippen molar-refractivity contribution in [1.82, 2.24) is 0 Å². The van der Waals surface area contributed by atoms with E-state index in [0.29, 0.717) is 0 Å². The average Bonchev–Trinajstić information content (AvgIpc) is 3.76. The molecule has 11 rings (SSSR count). The van der Waals surface area contributed by atoms with E-state index in [1.165, 1.54) is 33.4 Å². The lowest BCUT2D eigenvalue weighted by atomic mass is 9.82. The standard InChI is InChI=1S/C55H39NO/c1-55(2)49-25-15-14-22-43(49)44-31-30-42(34-50(44)55)56(41-28-26-38(27-29-41)36-16-6-3-7-17-36)51-35-48-53-47(39-20-10-5-11-21-39)32-40(37-18-8-4-9-19-37)33-52(53)57-54(48)46-24-13-12-23-45(46)51/h3-35H,1-2H3. The van der Waals surface area contributed by atoms with Crippen LogP contribution in [0, 0.1) is 0 Å². The smallest absolute Gasteiger partial charge is 0.143 e. The maximum absolute atomic E-state index is 7.01. The molecule has 0 saturated carbocycles. The van der Waals surface area contributed by atoms with Gasteiger partial charge in [0.1, 0.15) is 11.2 Å². The highest BCUT2D eigenvalue weighted by Crippen LogP contribution is 2.52. The minimum Gasteiger partial charge on any atom is -0.455 e. The maximum atomic E-state index is 7.01. The third kappa shape index (κ3) is 5.33. The summed E-state index contributed by atoms with van der Waals surface area (Å²) in [6.07, 6.45) is 0. The number of fused-ring (bicyclic) bond motifs is 8. The predicted molar refractivity (Wildman–Crippen MR) is 240 cm³/mol. The molecule has 9 aromatic carbocycles. The first-order chi connectivity index (χ1) is 28.0. The third-order valence-corrected chi connectivity index (χ3v) is 12.0. The number of hydrogen-bond donors (Lipinski definition) is 0. The van der Waals surface area contributed by atoms with Crippen molar-refractivity contribution in [1.29, 1.82) is 0 Å². The van der Waals surface area contributed by atoms with Gasteiger partial charge in [0.05, 0.1) is 5.69 Å². The molecular weight excluding hydrogens is 691 g/mol. The molecular formula is C55H39NO. The highest BCUT2D eigenvalue weighted by Gasteiger charge is 2.36. The second-order valence-corrected chi connectivity index (χ2v) is 15.7. The largest absolute Gasteiger partial charge is 0.455 e. The Balaban J connectivity index is 1.20. The van der Waals surface area contributed by atoms with Crippen LogP contribution in [0.5, 0.6) is 0 Å². The Bertz CT molecular complexity index is 3120. The van der Waals surface area contributed by atoms with Crippen LogP contribution in [0.1, 0.15) is 25.0 Å². The van der Waals surface area contributed by atoms with Crippen molar-refractivity contribution in [3.63, 3.8) is 0 Å². The van der Waals surface area contributed by atoms with Crippen molar-refractivity contribution in [2.45, 2.75) is 19.3 Å². The Morgan fingerprint density at radius 3 is 1.67 bits per heavy atom. The summed E-state index contributed by atoms with van der Waals surface area (Å²) in [5.41, 5.74) is 17.3. The van der Waals surface area contributed by atoms with Gasteiger partial charge >= 0.3 is 0 Å². The molecule has 0 aliphatic heterocycles. The number of nitrogens with zero attached hydrogens (tertiary/aromatic N) is 1. The summed E-state index contributed by atoms with van der Waals surface area (Å²) >= 11 is 0.